The molecule has 0 aromatic heterocycles. The molecule has 0 spiro atoms. The van der Waals surface area contributed by atoms with Crippen LogP contribution in [0.1, 0.15) is 40.0 Å². The molecule has 2 rings (SSSR count). The molecule has 2 atom stereocenters. The fourth-order valence-corrected chi connectivity index (χ4v) is 2.95. The lowest BCUT2D eigenvalue weighted by Gasteiger charge is -2.45. The number of nitrogens with zero attached hydrogens (tertiary/aromatic N) is 1. The molecule has 2 fully saturated rings. The lowest BCUT2D eigenvalue weighted by Crippen LogP contribution is -2.63. The van der Waals surface area contributed by atoms with Gasteiger partial charge in [-0.05, 0) is 33.1 Å². The van der Waals surface area contributed by atoms with Crippen LogP contribution in [0.2, 0.25) is 0 Å². The molecule has 2 aliphatic heterocycles. The van der Waals surface area contributed by atoms with E-state index in [9.17, 15) is 9.59 Å². The molecule has 0 saturated carbocycles. The number of amides is 2. The van der Waals surface area contributed by atoms with Gasteiger partial charge in [0.2, 0.25) is 11.8 Å². The first-order valence-electron chi connectivity index (χ1n) is 6.67. The zero-order valence-electron chi connectivity index (χ0n) is 11.4. The first kappa shape index (κ1) is 13.3. The van der Waals surface area contributed by atoms with E-state index in [0.717, 1.165) is 12.8 Å². The number of carbonyl (C=O) groups excluding carboxylic acids is 2. The van der Waals surface area contributed by atoms with Gasteiger partial charge in [-0.25, -0.2) is 0 Å². The Hall–Kier alpha value is -1.10. The van der Waals surface area contributed by atoms with E-state index >= 15 is 0 Å². The highest BCUT2D eigenvalue weighted by atomic mass is 16.5. The van der Waals surface area contributed by atoms with Gasteiger partial charge >= 0.3 is 0 Å². The zero-order chi connectivity index (χ0) is 13.3. The smallest absolute Gasteiger partial charge is 0.243 e. The lowest BCUT2D eigenvalue weighted by atomic mass is 9.91. The topological polar surface area (TPSA) is 58.6 Å². The largest absolute Gasteiger partial charge is 0.375 e. The van der Waals surface area contributed by atoms with Gasteiger partial charge in [0.25, 0.3) is 0 Å². The van der Waals surface area contributed by atoms with Gasteiger partial charge in [-0.3, -0.25) is 9.59 Å². The van der Waals surface area contributed by atoms with Crippen LogP contribution in [-0.2, 0) is 14.3 Å². The van der Waals surface area contributed by atoms with Crippen LogP contribution < -0.4 is 5.32 Å². The minimum atomic E-state index is -0.315. The molecule has 2 heterocycles. The summed E-state index contributed by atoms with van der Waals surface area (Å²) in [4.78, 5) is 25.7. The van der Waals surface area contributed by atoms with Crippen molar-refractivity contribution in [3.63, 3.8) is 0 Å². The minimum Gasteiger partial charge on any atom is -0.375 e. The summed E-state index contributed by atoms with van der Waals surface area (Å²) in [6.45, 7) is 6.80. The summed E-state index contributed by atoms with van der Waals surface area (Å²) in [6.07, 6.45) is 2.27. The monoisotopic (exact) mass is 254 g/mol. The van der Waals surface area contributed by atoms with E-state index in [1.807, 2.05) is 20.8 Å². The molecule has 2 aliphatic rings. The van der Waals surface area contributed by atoms with Crippen LogP contribution >= 0.6 is 0 Å². The van der Waals surface area contributed by atoms with E-state index in [0.29, 0.717) is 13.0 Å². The number of ether oxygens (including phenoxy) is 1. The maximum absolute atomic E-state index is 12.1. The van der Waals surface area contributed by atoms with E-state index in [4.69, 9.17) is 4.74 Å². The molecule has 0 aromatic carbocycles. The van der Waals surface area contributed by atoms with Crippen molar-refractivity contribution in [2.24, 2.45) is 0 Å². The molecular formula is C13H22N2O3. The molecule has 0 bridgehead atoms. The maximum Gasteiger partial charge on any atom is 0.243 e. The van der Waals surface area contributed by atoms with Crippen molar-refractivity contribution in [3.05, 3.63) is 0 Å². The van der Waals surface area contributed by atoms with E-state index in [2.05, 4.69) is 5.32 Å². The predicted octanol–water partition coefficient (Wildman–Crippen LogP) is 0.681. The molecule has 5 heteroatoms. The van der Waals surface area contributed by atoms with Crippen molar-refractivity contribution >= 4 is 11.8 Å². The Morgan fingerprint density at radius 1 is 1.44 bits per heavy atom. The first-order chi connectivity index (χ1) is 8.44. The molecule has 2 saturated heterocycles. The Kier molecular flexibility index (Phi) is 3.61. The van der Waals surface area contributed by atoms with Crippen LogP contribution in [-0.4, -0.2) is 47.6 Å². The highest BCUT2D eigenvalue weighted by molar-refractivity contribution is 5.94. The van der Waals surface area contributed by atoms with E-state index < -0.39 is 0 Å². The second-order valence-electron chi connectivity index (χ2n) is 5.70. The highest BCUT2D eigenvalue weighted by Crippen LogP contribution is 2.29. The third kappa shape index (κ3) is 2.51. The first-order valence-corrected chi connectivity index (χ1v) is 6.67. The molecule has 0 aliphatic carbocycles. The SMILES string of the molecule is CCC1C(=O)NCC(=O)N1C1CCOC(C)(C)C1. The van der Waals surface area contributed by atoms with Crippen molar-refractivity contribution < 1.29 is 14.3 Å². The second-order valence-corrected chi connectivity index (χ2v) is 5.70. The third-order valence-corrected chi connectivity index (χ3v) is 3.79. The highest BCUT2D eigenvalue weighted by Gasteiger charge is 2.41. The van der Waals surface area contributed by atoms with Gasteiger partial charge in [0.05, 0.1) is 12.1 Å². The average molecular weight is 254 g/mol. The Balaban J connectivity index is 2.17. The molecule has 0 aromatic rings. The Bertz CT molecular complexity index is 354. The number of piperazine rings is 1. The maximum atomic E-state index is 12.1. The average Bonchev–Trinajstić information content (AvgIpc) is 2.30. The van der Waals surface area contributed by atoms with Gasteiger partial charge in [-0.2, -0.15) is 0 Å². The fraction of sp³-hybridized carbons (Fsp3) is 0.846. The quantitative estimate of drug-likeness (QED) is 0.788. The van der Waals surface area contributed by atoms with Crippen molar-refractivity contribution in [2.45, 2.75) is 57.7 Å². The molecule has 2 unspecified atom stereocenters. The summed E-state index contributed by atoms with van der Waals surface area (Å²) in [5.41, 5.74) is -0.213. The van der Waals surface area contributed by atoms with Crippen LogP contribution in [0.3, 0.4) is 0 Å². The number of carbonyl (C=O) groups is 2. The van der Waals surface area contributed by atoms with Gasteiger partial charge in [0.15, 0.2) is 0 Å². The Morgan fingerprint density at radius 2 is 2.17 bits per heavy atom. The van der Waals surface area contributed by atoms with Crippen molar-refractivity contribution in [1.29, 1.82) is 0 Å². The normalized spacial score (nSPS) is 32.3. The molecule has 1 N–H and O–H groups in total. The van der Waals surface area contributed by atoms with Crippen LogP contribution in [0.15, 0.2) is 0 Å². The molecular weight excluding hydrogens is 232 g/mol. The van der Waals surface area contributed by atoms with Crippen molar-refractivity contribution in [1.82, 2.24) is 10.2 Å². The van der Waals surface area contributed by atoms with E-state index in [1.165, 1.54) is 0 Å². The molecule has 2 amide bonds. The summed E-state index contributed by atoms with van der Waals surface area (Å²) in [5.74, 6) is 0.00514. The molecule has 102 valence electrons. The molecule has 5 nitrogen and oxygen atoms in total. The number of hydrogen-bond donors (Lipinski definition) is 1. The summed E-state index contributed by atoms with van der Waals surface area (Å²) in [6, 6.07) is -0.192. The fourth-order valence-electron chi connectivity index (χ4n) is 2.95. The second kappa shape index (κ2) is 4.88. The molecule has 0 radical (unpaired) electrons. The Morgan fingerprint density at radius 3 is 2.78 bits per heavy atom. The van der Waals surface area contributed by atoms with Gasteiger partial charge in [0, 0.05) is 12.6 Å². The van der Waals surface area contributed by atoms with Gasteiger partial charge in [0.1, 0.15) is 6.04 Å². The summed E-state index contributed by atoms with van der Waals surface area (Å²) >= 11 is 0. The summed E-state index contributed by atoms with van der Waals surface area (Å²) < 4.78 is 5.68. The minimum absolute atomic E-state index is 0.0265. The van der Waals surface area contributed by atoms with Gasteiger partial charge < -0.3 is 15.0 Å². The van der Waals surface area contributed by atoms with Crippen LogP contribution in [0.4, 0.5) is 0 Å². The number of nitrogens with one attached hydrogen (secondary N) is 1. The van der Waals surface area contributed by atoms with Crippen LogP contribution in [0, 0.1) is 0 Å². The Labute approximate surface area is 108 Å². The van der Waals surface area contributed by atoms with E-state index in [-0.39, 0.29) is 36.0 Å². The summed E-state index contributed by atoms with van der Waals surface area (Å²) in [5, 5.41) is 2.66. The predicted molar refractivity (Wildman–Crippen MR) is 67.0 cm³/mol. The van der Waals surface area contributed by atoms with Crippen LogP contribution in [0.5, 0.6) is 0 Å². The van der Waals surface area contributed by atoms with Gasteiger partial charge in [-0.1, -0.05) is 6.92 Å². The van der Waals surface area contributed by atoms with Crippen molar-refractivity contribution in [3.8, 4) is 0 Å². The lowest BCUT2D eigenvalue weighted by molar-refractivity contribution is -0.155. The standard InChI is InChI=1S/C13H22N2O3/c1-4-10-12(17)14-8-11(16)15(10)9-5-6-18-13(2,3)7-9/h9-10H,4-8H2,1-3H3,(H,14,17). The van der Waals surface area contributed by atoms with Crippen LogP contribution in [0.25, 0.3) is 0 Å². The third-order valence-electron chi connectivity index (χ3n) is 3.79. The zero-order valence-corrected chi connectivity index (χ0v) is 11.4. The summed E-state index contributed by atoms with van der Waals surface area (Å²) in [7, 11) is 0. The number of rotatable bonds is 2. The van der Waals surface area contributed by atoms with Gasteiger partial charge in [-0.15, -0.1) is 0 Å². The number of hydrogen-bond acceptors (Lipinski definition) is 3. The van der Waals surface area contributed by atoms with E-state index in [1.54, 1.807) is 4.90 Å². The van der Waals surface area contributed by atoms with Crippen molar-refractivity contribution in [2.75, 3.05) is 13.2 Å². The molecule has 18 heavy (non-hydrogen) atoms.